The lowest BCUT2D eigenvalue weighted by atomic mass is 10.0. The highest BCUT2D eigenvalue weighted by molar-refractivity contribution is 14.0. The summed E-state index contributed by atoms with van der Waals surface area (Å²) in [7, 11) is 6.92. The first-order valence-electron chi connectivity index (χ1n) is 6.73. The van der Waals surface area contributed by atoms with Gasteiger partial charge >= 0.3 is 0 Å². The van der Waals surface area contributed by atoms with Gasteiger partial charge in [0.2, 0.25) is 0 Å². The molecule has 0 aliphatic carbocycles. The Morgan fingerprint density at radius 3 is 2.43 bits per heavy atom. The number of nitrogens with zero attached hydrogens (tertiary/aromatic N) is 1. The predicted molar refractivity (Wildman–Crippen MR) is 98.3 cm³/mol. The van der Waals surface area contributed by atoms with Crippen molar-refractivity contribution in [1.82, 2.24) is 10.6 Å². The maximum Gasteiger partial charge on any atom is 0.190 e. The molecular formula is C15H26IN3O2. The number of hydrogen-bond donors (Lipinski definition) is 2. The van der Waals surface area contributed by atoms with E-state index in [1.54, 1.807) is 21.3 Å². The summed E-state index contributed by atoms with van der Waals surface area (Å²) in [4.78, 5) is 4.09. The van der Waals surface area contributed by atoms with E-state index in [0.717, 1.165) is 30.4 Å². The Morgan fingerprint density at radius 2 is 1.90 bits per heavy atom. The van der Waals surface area contributed by atoms with Crippen LogP contribution in [0.5, 0.6) is 11.5 Å². The maximum atomic E-state index is 5.32. The Balaban J connectivity index is 0.00000400. The van der Waals surface area contributed by atoms with Gasteiger partial charge in [0.15, 0.2) is 17.5 Å². The average Bonchev–Trinajstić information content (AvgIpc) is 2.48. The van der Waals surface area contributed by atoms with Gasteiger partial charge in [-0.3, -0.25) is 4.99 Å². The largest absolute Gasteiger partial charge is 0.493 e. The van der Waals surface area contributed by atoms with Crippen molar-refractivity contribution in [3.8, 4) is 11.5 Å². The molecule has 0 spiro atoms. The molecule has 0 fully saturated rings. The molecule has 1 aromatic carbocycles. The number of guanidine groups is 1. The van der Waals surface area contributed by atoms with E-state index in [-0.39, 0.29) is 24.0 Å². The van der Waals surface area contributed by atoms with Crippen molar-refractivity contribution < 1.29 is 9.47 Å². The summed E-state index contributed by atoms with van der Waals surface area (Å²) < 4.78 is 10.6. The van der Waals surface area contributed by atoms with E-state index in [1.165, 1.54) is 5.56 Å². The molecular weight excluding hydrogens is 381 g/mol. The topological polar surface area (TPSA) is 54.9 Å². The third kappa shape index (κ3) is 6.41. The second-order valence-corrected chi connectivity index (χ2v) is 4.70. The summed E-state index contributed by atoms with van der Waals surface area (Å²) in [5, 5.41) is 6.28. The fraction of sp³-hybridized carbons (Fsp3) is 0.533. The first-order valence-corrected chi connectivity index (χ1v) is 6.73. The Labute approximate surface area is 144 Å². The van der Waals surface area contributed by atoms with E-state index in [0.29, 0.717) is 5.92 Å². The molecule has 0 saturated heterocycles. The van der Waals surface area contributed by atoms with Crippen molar-refractivity contribution in [2.45, 2.75) is 13.3 Å². The first-order chi connectivity index (χ1) is 9.64. The molecule has 0 aliphatic heterocycles. The van der Waals surface area contributed by atoms with E-state index >= 15 is 0 Å². The van der Waals surface area contributed by atoms with Crippen molar-refractivity contribution in [3.05, 3.63) is 23.8 Å². The van der Waals surface area contributed by atoms with Crippen LogP contribution in [0.1, 0.15) is 12.5 Å². The van der Waals surface area contributed by atoms with E-state index in [2.05, 4.69) is 28.6 Å². The van der Waals surface area contributed by atoms with Crippen LogP contribution >= 0.6 is 24.0 Å². The Hall–Kier alpha value is -1.18. The van der Waals surface area contributed by atoms with Crippen LogP contribution in [0.15, 0.2) is 23.2 Å². The van der Waals surface area contributed by atoms with Gasteiger partial charge in [-0.25, -0.2) is 0 Å². The van der Waals surface area contributed by atoms with E-state index < -0.39 is 0 Å². The van der Waals surface area contributed by atoms with E-state index in [9.17, 15) is 0 Å². The molecule has 1 aromatic rings. The van der Waals surface area contributed by atoms with Crippen LogP contribution in [0.2, 0.25) is 0 Å². The third-order valence-corrected chi connectivity index (χ3v) is 3.11. The van der Waals surface area contributed by atoms with Gasteiger partial charge in [-0.15, -0.1) is 24.0 Å². The van der Waals surface area contributed by atoms with Crippen LogP contribution in [0.4, 0.5) is 0 Å². The third-order valence-electron chi connectivity index (χ3n) is 3.11. The van der Waals surface area contributed by atoms with Gasteiger partial charge in [0.1, 0.15) is 0 Å². The van der Waals surface area contributed by atoms with Crippen molar-refractivity contribution in [2.24, 2.45) is 10.9 Å². The summed E-state index contributed by atoms with van der Waals surface area (Å²) >= 11 is 0. The highest BCUT2D eigenvalue weighted by atomic mass is 127. The zero-order valence-electron chi connectivity index (χ0n) is 13.4. The molecule has 0 aliphatic rings. The zero-order valence-corrected chi connectivity index (χ0v) is 15.7. The lowest BCUT2D eigenvalue weighted by Crippen LogP contribution is -2.37. The molecule has 0 saturated carbocycles. The molecule has 2 N–H and O–H groups in total. The standard InChI is InChI=1S/C15H25N3O2.HI/c1-11(10-18-15(16-2)17-3)8-12-6-7-13(19-4)14(9-12)20-5;/h6-7,9,11H,8,10H2,1-5H3,(H2,16,17,18);1H. The van der Waals surface area contributed by atoms with Crippen LogP contribution in [-0.2, 0) is 6.42 Å². The Morgan fingerprint density at radius 1 is 1.24 bits per heavy atom. The summed E-state index contributed by atoms with van der Waals surface area (Å²) in [6.45, 7) is 3.06. The molecule has 1 rings (SSSR count). The highest BCUT2D eigenvalue weighted by Gasteiger charge is 2.08. The van der Waals surface area contributed by atoms with Crippen LogP contribution in [0.25, 0.3) is 0 Å². The molecule has 6 heteroatoms. The average molecular weight is 407 g/mol. The van der Waals surface area contributed by atoms with Gasteiger partial charge < -0.3 is 20.1 Å². The smallest absolute Gasteiger partial charge is 0.190 e. The molecule has 120 valence electrons. The quantitative estimate of drug-likeness (QED) is 0.432. The molecule has 0 amide bonds. The molecule has 0 heterocycles. The van der Waals surface area contributed by atoms with Crippen LogP contribution in [0.3, 0.4) is 0 Å². The number of aliphatic imine (C=N–C) groups is 1. The van der Waals surface area contributed by atoms with Gasteiger partial charge in [0.05, 0.1) is 14.2 Å². The normalized spacial score (nSPS) is 12.1. The van der Waals surface area contributed by atoms with Crippen LogP contribution in [0, 0.1) is 5.92 Å². The monoisotopic (exact) mass is 407 g/mol. The summed E-state index contributed by atoms with van der Waals surface area (Å²) in [5.74, 6) is 2.83. The number of benzene rings is 1. The van der Waals surface area contributed by atoms with Crippen molar-refractivity contribution >= 4 is 29.9 Å². The van der Waals surface area contributed by atoms with E-state index in [1.807, 2.05) is 19.2 Å². The molecule has 0 aromatic heterocycles. The minimum absolute atomic E-state index is 0. The minimum atomic E-state index is 0. The zero-order chi connectivity index (χ0) is 15.0. The minimum Gasteiger partial charge on any atom is -0.493 e. The van der Waals surface area contributed by atoms with Gasteiger partial charge in [-0.05, 0) is 30.0 Å². The lowest BCUT2D eigenvalue weighted by Gasteiger charge is -2.15. The Bertz CT molecular complexity index is 453. The van der Waals surface area contributed by atoms with Gasteiger partial charge in [-0.1, -0.05) is 13.0 Å². The van der Waals surface area contributed by atoms with Crippen molar-refractivity contribution in [1.29, 1.82) is 0 Å². The van der Waals surface area contributed by atoms with Crippen LogP contribution in [-0.4, -0.2) is 40.8 Å². The summed E-state index contributed by atoms with van der Waals surface area (Å²) in [6.07, 6.45) is 0.966. The number of ether oxygens (including phenoxy) is 2. The molecule has 21 heavy (non-hydrogen) atoms. The number of methoxy groups -OCH3 is 2. The van der Waals surface area contributed by atoms with Crippen molar-refractivity contribution in [2.75, 3.05) is 34.9 Å². The summed E-state index contributed by atoms with van der Waals surface area (Å²) in [6, 6.07) is 6.05. The second kappa shape index (κ2) is 10.5. The number of rotatable bonds is 6. The van der Waals surface area contributed by atoms with Crippen molar-refractivity contribution in [3.63, 3.8) is 0 Å². The molecule has 5 nitrogen and oxygen atoms in total. The van der Waals surface area contributed by atoms with E-state index in [4.69, 9.17) is 9.47 Å². The van der Waals surface area contributed by atoms with Crippen LogP contribution < -0.4 is 20.1 Å². The van der Waals surface area contributed by atoms with Gasteiger partial charge in [-0.2, -0.15) is 0 Å². The van der Waals surface area contributed by atoms with Gasteiger partial charge in [0, 0.05) is 20.6 Å². The summed E-state index contributed by atoms with van der Waals surface area (Å²) in [5.41, 5.74) is 1.23. The number of nitrogens with one attached hydrogen (secondary N) is 2. The molecule has 1 unspecified atom stereocenters. The molecule has 1 atom stereocenters. The number of halogens is 1. The lowest BCUT2D eigenvalue weighted by molar-refractivity contribution is 0.354. The highest BCUT2D eigenvalue weighted by Crippen LogP contribution is 2.28. The fourth-order valence-electron chi connectivity index (χ4n) is 2.03. The molecule has 0 bridgehead atoms. The van der Waals surface area contributed by atoms with Gasteiger partial charge in [0.25, 0.3) is 0 Å². The maximum absolute atomic E-state index is 5.32. The second-order valence-electron chi connectivity index (χ2n) is 4.70. The SMILES string of the molecule is CN=C(NC)NCC(C)Cc1ccc(OC)c(OC)c1.I. The Kier molecular flexibility index (Phi) is 9.94. The molecule has 0 radical (unpaired) electrons. The fourth-order valence-corrected chi connectivity index (χ4v) is 2.03. The number of hydrogen-bond acceptors (Lipinski definition) is 3. The first kappa shape index (κ1) is 19.8. The predicted octanol–water partition coefficient (Wildman–Crippen LogP) is 2.30.